The first-order valence-electron chi connectivity index (χ1n) is 9.04. The van der Waals surface area contributed by atoms with E-state index in [0.29, 0.717) is 18.0 Å². The maximum absolute atomic E-state index is 12.0. The maximum Gasteiger partial charge on any atom is 0.257 e. The number of carbonyl (C=O) groups is 1. The Balaban J connectivity index is 1.45. The molecule has 27 heavy (non-hydrogen) atoms. The molecule has 0 unspecified atom stereocenters. The second-order valence-corrected chi connectivity index (χ2v) is 6.45. The molecule has 0 radical (unpaired) electrons. The van der Waals surface area contributed by atoms with E-state index in [4.69, 9.17) is 9.47 Å². The molecule has 0 saturated heterocycles. The first kappa shape index (κ1) is 18.8. The molecule has 0 fully saturated rings. The summed E-state index contributed by atoms with van der Waals surface area (Å²) in [6, 6.07) is 13.7. The molecule has 1 amide bonds. The van der Waals surface area contributed by atoms with Crippen molar-refractivity contribution >= 4 is 16.9 Å². The van der Waals surface area contributed by atoms with E-state index in [0.717, 1.165) is 35.4 Å². The third-order valence-corrected chi connectivity index (χ3v) is 4.40. The first-order chi connectivity index (χ1) is 13.1. The minimum Gasteiger partial charge on any atom is -0.493 e. The Morgan fingerprint density at radius 1 is 1.15 bits per heavy atom. The topological polar surface area (TPSA) is 65.4 Å². The average molecular weight is 367 g/mol. The number of aromatic nitrogens is 2. The van der Waals surface area contributed by atoms with Crippen molar-refractivity contribution in [3.63, 3.8) is 0 Å². The van der Waals surface area contributed by atoms with Crippen LogP contribution in [0.15, 0.2) is 42.5 Å². The Morgan fingerprint density at radius 2 is 1.96 bits per heavy atom. The first-order valence-corrected chi connectivity index (χ1v) is 9.04. The predicted molar refractivity (Wildman–Crippen MR) is 105 cm³/mol. The van der Waals surface area contributed by atoms with Crippen LogP contribution in [0.1, 0.15) is 17.8 Å². The van der Waals surface area contributed by atoms with Crippen LogP contribution >= 0.6 is 0 Å². The van der Waals surface area contributed by atoms with Crippen molar-refractivity contribution in [2.75, 3.05) is 20.3 Å². The SMILES string of the molecule is COc1cc(C)ccc1OCC(=O)NCCCn1c(C)nc2ccccc21. The number of aryl methyl sites for hydroxylation is 3. The number of carbonyl (C=O) groups excluding carboxylic acids is 1. The number of amides is 1. The lowest BCUT2D eigenvalue weighted by molar-refractivity contribution is -0.123. The zero-order chi connectivity index (χ0) is 19.2. The molecule has 0 aliphatic carbocycles. The summed E-state index contributed by atoms with van der Waals surface area (Å²) < 4.78 is 13.0. The highest BCUT2D eigenvalue weighted by atomic mass is 16.5. The van der Waals surface area contributed by atoms with Crippen LogP contribution in [-0.2, 0) is 11.3 Å². The Morgan fingerprint density at radius 3 is 2.78 bits per heavy atom. The van der Waals surface area contributed by atoms with Gasteiger partial charge in [0.1, 0.15) is 5.82 Å². The molecule has 1 aromatic heterocycles. The maximum atomic E-state index is 12.0. The zero-order valence-electron chi connectivity index (χ0n) is 16.0. The van der Waals surface area contributed by atoms with E-state index in [1.165, 1.54) is 0 Å². The van der Waals surface area contributed by atoms with E-state index in [-0.39, 0.29) is 12.5 Å². The lowest BCUT2D eigenvalue weighted by Gasteiger charge is -2.12. The lowest BCUT2D eigenvalue weighted by atomic mass is 10.2. The van der Waals surface area contributed by atoms with Crippen molar-refractivity contribution < 1.29 is 14.3 Å². The number of rotatable bonds is 8. The summed E-state index contributed by atoms with van der Waals surface area (Å²) in [6.45, 7) is 5.33. The number of hydrogen-bond donors (Lipinski definition) is 1. The van der Waals surface area contributed by atoms with E-state index in [1.807, 2.05) is 50.2 Å². The van der Waals surface area contributed by atoms with Crippen LogP contribution in [0.3, 0.4) is 0 Å². The van der Waals surface area contributed by atoms with E-state index >= 15 is 0 Å². The van der Waals surface area contributed by atoms with Crippen LogP contribution in [0, 0.1) is 13.8 Å². The Bertz CT molecular complexity index is 934. The molecular formula is C21H25N3O3. The van der Waals surface area contributed by atoms with Crippen molar-refractivity contribution in [3.05, 3.63) is 53.9 Å². The van der Waals surface area contributed by atoms with Gasteiger partial charge >= 0.3 is 0 Å². The summed E-state index contributed by atoms with van der Waals surface area (Å²) in [5.74, 6) is 2.03. The molecule has 0 atom stereocenters. The quantitative estimate of drug-likeness (QED) is 0.621. The number of fused-ring (bicyclic) bond motifs is 1. The van der Waals surface area contributed by atoms with Gasteiger partial charge in [-0.15, -0.1) is 0 Å². The van der Waals surface area contributed by atoms with Gasteiger partial charge in [-0.1, -0.05) is 18.2 Å². The number of nitrogens with zero attached hydrogens (tertiary/aromatic N) is 2. The van der Waals surface area contributed by atoms with Crippen LogP contribution in [0.2, 0.25) is 0 Å². The highest BCUT2D eigenvalue weighted by Crippen LogP contribution is 2.27. The van der Waals surface area contributed by atoms with Crippen molar-refractivity contribution in [2.45, 2.75) is 26.8 Å². The molecule has 2 aromatic carbocycles. The van der Waals surface area contributed by atoms with E-state index < -0.39 is 0 Å². The van der Waals surface area contributed by atoms with E-state index in [9.17, 15) is 4.79 Å². The summed E-state index contributed by atoms with van der Waals surface area (Å²) in [5.41, 5.74) is 3.20. The van der Waals surface area contributed by atoms with Crippen molar-refractivity contribution in [1.82, 2.24) is 14.9 Å². The molecule has 0 bridgehead atoms. The van der Waals surface area contributed by atoms with Gasteiger partial charge in [0.15, 0.2) is 18.1 Å². The smallest absolute Gasteiger partial charge is 0.257 e. The molecule has 3 aromatic rings. The fourth-order valence-electron chi connectivity index (χ4n) is 3.03. The number of imidazole rings is 1. The van der Waals surface area contributed by atoms with Gasteiger partial charge < -0.3 is 19.4 Å². The number of methoxy groups -OCH3 is 1. The number of benzene rings is 2. The van der Waals surface area contributed by atoms with Gasteiger partial charge in [0.2, 0.25) is 0 Å². The molecule has 142 valence electrons. The standard InChI is InChI=1S/C21H25N3O3/c1-15-9-10-19(20(13-15)26-3)27-14-21(25)22-11-6-12-24-16(2)23-17-7-4-5-8-18(17)24/h4-5,7-10,13H,6,11-12,14H2,1-3H3,(H,22,25). The molecular weight excluding hydrogens is 342 g/mol. The zero-order valence-corrected chi connectivity index (χ0v) is 16.0. The summed E-state index contributed by atoms with van der Waals surface area (Å²) in [7, 11) is 1.59. The molecule has 6 heteroatoms. The summed E-state index contributed by atoms with van der Waals surface area (Å²) in [4.78, 5) is 16.6. The van der Waals surface area contributed by atoms with Gasteiger partial charge in [0.25, 0.3) is 5.91 Å². The molecule has 0 spiro atoms. The van der Waals surface area contributed by atoms with Gasteiger partial charge in [-0.05, 0) is 50.1 Å². The van der Waals surface area contributed by atoms with Gasteiger partial charge in [-0.3, -0.25) is 4.79 Å². The van der Waals surface area contributed by atoms with Crippen LogP contribution in [0.25, 0.3) is 11.0 Å². The van der Waals surface area contributed by atoms with Crippen molar-refractivity contribution in [1.29, 1.82) is 0 Å². The monoisotopic (exact) mass is 367 g/mol. The molecule has 1 heterocycles. The number of nitrogens with one attached hydrogen (secondary N) is 1. The van der Waals surface area contributed by atoms with Crippen LogP contribution < -0.4 is 14.8 Å². The van der Waals surface area contributed by atoms with Gasteiger partial charge in [0, 0.05) is 13.1 Å². The lowest BCUT2D eigenvalue weighted by Crippen LogP contribution is -2.30. The minimum absolute atomic E-state index is 0.0353. The summed E-state index contributed by atoms with van der Waals surface area (Å²) in [6.07, 6.45) is 0.820. The molecule has 6 nitrogen and oxygen atoms in total. The average Bonchev–Trinajstić information content (AvgIpc) is 2.99. The second-order valence-electron chi connectivity index (χ2n) is 6.45. The van der Waals surface area contributed by atoms with Crippen LogP contribution in [0.5, 0.6) is 11.5 Å². The Labute approximate surface area is 159 Å². The molecule has 0 saturated carbocycles. The Kier molecular flexibility index (Phi) is 5.96. The Hall–Kier alpha value is -3.02. The third kappa shape index (κ3) is 4.58. The summed E-state index contributed by atoms with van der Waals surface area (Å²) in [5, 5.41) is 2.89. The summed E-state index contributed by atoms with van der Waals surface area (Å²) >= 11 is 0. The number of hydrogen-bond acceptors (Lipinski definition) is 4. The fraction of sp³-hybridized carbons (Fsp3) is 0.333. The fourth-order valence-corrected chi connectivity index (χ4v) is 3.03. The van der Waals surface area contributed by atoms with Gasteiger partial charge in [0.05, 0.1) is 18.1 Å². The molecule has 3 rings (SSSR count). The van der Waals surface area contributed by atoms with E-state index in [2.05, 4.69) is 20.9 Å². The highest BCUT2D eigenvalue weighted by Gasteiger charge is 2.09. The third-order valence-electron chi connectivity index (χ3n) is 4.40. The van der Waals surface area contributed by atoms with Crippen LogP contribution in [-0.4, -0.2) is 35.7 Å². The molecule has 0 aliphatic heterocycles. The molecule has 1 N–H and O–H groups in total. The molecule has 0 aliphatic rings. The largest absolute Gasteiger partial charge is 0.493 e. The second kappa shape index (κ2) is 8.58. The van der Waals surface area contributed by atoms with E-state index in [1.54, 1.807) is 7.11 Å². The normalized spacial score (nSPS) is 10.8. The predicted octanol–water partition coefficient (Wildman–Crippen LogP) is 3.25. The highest BCUT2D eigenvalue weighted by molar-refractivity contribution is 5.77. The van der Waals surface area contributed by atoms with Crippen molar-refractivity contribution in [2.24, 2.45) is 0 Å². The van der Waals surface area contributed by atoms with Gasteiger partial charge in [-0.2, -0.15) is 0 Å². The van der Waals surface area contributed by atoms with Crippen LogP contribution in [0.4, 0.5) is 0 Å². The number of ether oxygens (including phenoxy) is 2. The number of para-hydroxylation sites is 2. The van der Waals surface area contributed by atoms with Crippen molar-refractivity contribution in [3.8, 4) is 11.5 Å². The minimum atomic E-state index is -0.148. The van der Waals surface area contributed by atoms with Gasteiger partial charge in [-0.25, -0.2) is 4.98 Å².